The number of nitrogens with one attached hydrogen (secondary N) is 1. The Morgan fingerprint density at radius 1 is 1.19 bits per heavy atom. The lowest BCUT2D eigenvalue weighted by Crippen LogP contribution is -2.58. The van der Waals surface area contributed by atoms with Crippen molar-refractivity contribution in [1.82, 2.24) is 4.90 Å². The SMILES string of the molecule is CCCCC1CCCN2CCC3C(=C12)Nc1ccccc13.[O-][Cl+3]([O-])([O-])O. The average molecular weight is 383 g/mol. The average Bonchev–Trinajstić information content (AvgIpc) is 2.97. The van der Waals surface area contributed by atoms with Gasteiger partial charge < -0.3 is 10.2 Å². The quantitative estimate of drug-likeness (QED) is 0.792. The van der Waals surface area contributed by atoms with Crippen molar-refractivity contribution in [2.24, 2.45) is 5.92 Å². The minimum absolute atomic E-state index is 0.634. The first-order chi connectivity index (χ1) is 12.4. The van der Waals surface area contributed by atoms with Crippen molar-refractivity contribution in [2.45, 2.75) is 51.4 Å². The monoisotopic (exact) mass is 382 g/mol. The molecule has 0 spiro atoms. The number of rotatable bonds is 3. The summed E-state index contributed by atoms with van der Waals surface area (Å²) in [4.78, 5) is 2.69. The number of piperidine rings is 1. The van der Waals surface area contributed by atoms with E-state index in [1.807, 2.05) is 0 Å². The molecule has 2 atom stereocenters. The minimum Gasteiger partial charge on any atom is -0.373 e. The van der Waals surface area contributed by atoms with Gasteiger partial charge in [0.25, 0.3) is 0 Å². The molecule has 1 fully saturated rings. The van der Waals surface area contributed by atoms with Gasteiger partial charge in [-0.25, -0.2) is 0 Å². The lowest BCUT2D eigenvalue weighted by molar-refractivity contribution is -1.92. The van der Waals surface area contributed by atoms with Gasteiger partial charge in [0, 0.05) is 42.0 Å². The molecule has 3 aliphatic rings. The molecular weight excluding hydrogens is 356 g/mol. The fourth-order valence-electron chi connectivity index (χ4n) is 4.53. The topological polar surface area (TPSA) is 105 Å². The summed E-state index contributed by atoms with van der Waals surface area (Å²) >= 11 is 0. The van der Waals surface area contributed by atoms with E-state index in [0.29, 0.717) is 5.92 Å². The number of para-hydroxylation sites is 1. The zero-order valence-electron chi connectivity index (χ0n) is 15.1. The molecule has 0 bridgehead atoms. The van der Waals surface area contributed by atoms with Crippen LogP contribution in [0.2, 0.25) is 0 Å². The van der Waals surface area contributed by atoms with Crippen LogP contribution in [0.4, 0.5) is 5.69 Å². The summed E-state index contributed by atoms with van der Waals surface area (Å²) in [7, 11) is -4.69. The van der Waals surface area contributed by atoms with Crippen LogP contribution >= 0.6 is 0 Å². The second-order valence-electron chi connectivity index (χ2n) is 7.22. The molecule has 2 N–H and O–H groups in total. The summed E-state index contributed by atoms with van der Waals surface area (Å²) in [6, 6.07) is 8.91. The van der Waals surface area contributed by atoms with E-state index in [2.05, 4.69) is 41.4 Å². The van der Waals surface area contributed by atoms with Crippen molar-refractivity contribution in [3.05, 3.63) is 41.2 Å². The normalized spacial score (nSPS) is 24.1. The summed E-state index contributed by atoms with van der Waals surface area (Å²) in [6.45, 7) is 4.83. The van der Waals surface area contributed by atoms with E-state index in [-0.39, 0.29) is 0 Å². The number of halogens is 1. The summed E-state index contributed by atoms with van der Waals surface area (Å²) in [5.41, 5.74) is 6.09. The van der Waals surface area contributed by atoms with Crippen molar-refractivity contribution >= 4 is 5.69 Å². The fraction of sp³-hybridized carbons (Fsp3) is 0.579. The van der Waals surface area contributed by atoms with Crippen LogP contribution in [-0.2, 0) is 0 Å². The Bertz CT molecular complexity index is 653. The zero-order valence-corrected chi connectivity index (χ0v) is 15.9. The number of hydrogen-bond donors (Lipinski definition) is 2. The molecule has 0 saturated carbocycles. The van der Waals surface area contributed by atoms with Crippen LogP contribution in [0, 0.1) is 16.2 Å². The molecule has 0 aromatic heterocycles. The van der Waals surface area contributed by atoms with Crippen molar-refractivity contribution in [1.29, 1.82) is 0 Å². The van der Waals surface area contributed by atoms with E-state index in [9.17, 15) is 0 Å². The van der Waals surface area contributed by atoms with E-state index in [1.54, 1.807) is 11.4 Å². The highest BCUT2D eigenvalue weighted by molar-refractivity contribution is 5.66. The first-order valence-corrected chi connectivity index (χ1v) is 10.6. The van der Waals surface area contributed by atoms with Crippen LogP contribution in [0.3, 0.4) is 0 Å². The smallest absolute Gasteiger partial charge is 0.0777 e. The molecule has 1 aromatic carbocycles. The van der Waals surface area contributed by atoms with Gasteiger partial charge in [0.2, 0.25) is 0 Å². The van der Waals surface area contributed by atoms with Crippen molar-refractivity contribution < 1.29 is 28.9 Å². The van der Waals surface area contributed by atoms with E-state index >= 15 is 0 Å². The highest BCUT2D eigenvalue weighted by Gasteiger charge is 2.38. The largest absolute Gasteiger partial charge is 0.373 e. The number of nitrogens with zero attached hydrogens (tertiary/aromatic N) is 1. The Hall–Kier alpha value is -1.31. The molecule has 6 nitrogen and oxygen atoms in total. The molecule has 2 unspecified atom stereocenters. The highest BCUT2D eigenvalue weighted by Crippen LogP contribution is 2.48. The molecule has 144 valence electrons. The lowest BCUT2D eigenvalue weighted by Gasteiger charge is -2.43. The van der Waals surface area contributed by atoms with Gasteiger partial charge in [-0.1, -0.05) is 38.0 Å². The van der Waals surface area contributed by atoms with Crippen molar-refractivity contribution in [2.75, 3.05) is 18.4 Å². The lowest BCUT2D eigenvalue weighted by atomic mass is 9.81. The van der Waals surface area contributed by atoms with Crippen molar-refractivity contribution in [3.8, 4) is 0 Å². The molecule has 0 amide bonds. The molecule has 1 saturated heterocycles. The first kappa shape index (κ1) is 19.5. The van der Waals surface area contributed by atoms with Gasteiger partial charge in [0.1, 0.15) is 0 Å². The Morgan fingerprint density at radius 3 is 2.65 bits per heavy atom. The van der Waals surface area contributed by atoms with Crippen molar-refractivity contribution in [3.63, 3.8) is 0 Å². The van der Waals surface area contributed by atoms with E-state index in [4.69, 9.17) is 18.6 Å². The van der Waals surface area contributed by atoms with Gasteiger partial charge in [-0.2, -0.15) is 14.0 Å². The van der Waals surface area contributed by atoms with Gasteiger partial charge >= 0.3 is 0 Å². The number of hydrogen-bond acceptors (Lipinski definition) is 6. The Morgan fingerprint density at radius 2 is 1.92 bits per heavy atom. The highest BCUT2D eigenvalue weighted by atomic mass is 35.7. The maximum atomic E-state index is 8.60. The third-order valence-electron chi connectivity index (χ3n) is 5.53. The number of allylic oxidation sites excluding steroid dienone is 2. The zero-order chi connectivity index (χ0) is 18.7. The molecule has 26 heavy (non-hydrogen) atoms. The predicted molar refractivity (Wildman–Crippen MR) is 90.5 cm³/mol. The van der Waals surface area contributed by atoms with Crippen LogP contribution < -0.4 is 19.3 Å². The Labute approximate surface area is 156 Å². The molecule has 3 aliphatic heterocycles. The maximum absolute atomic E-state index is 8.60. The third-order valence-corrected chi connectivity index (χ3v) is 5.53. The number of anilines is 1. The van der Waals surface area contributed by atoms with E-state index in [0.717, 1.165) is 5.92 Å². The van der Waals surface area contributed by atoms with Crippen LogP contribution in [0.15, 0.2) is 35.7 Å². The van der Waals surface area contributed by atoms with E-state index in [1.165, 1.54) is 62.9 Å². The van der Waals surface area contributed by atoms with Gasteiger partial charge in [-0.3, -0.25) is 0 Å². The first-order valence-electron chi connectivity index (χ1n) is 9.36. The number of benzene rings is 1. The van der Waals surface area contributed by atoms with Gasteiger partial charge in [-0.15, -0.1) is 0 Å². The molecule has 0 radical (unpaired) electrons. The molecule has 0 aliphatic carbocycles. The number of unbranched alkanes of at least 4 members (excludes halogenated alkanes) is 1. The maximum Gasteiger partial charge on any atom is 0.0777 e. The fourth-order valence-corrected chi connectivity index (χ4v) is 4.53. The van der Waals surface area contributed by atoms with Gasteiger partial charge in [-0.05, 0) is 37.3 Å². The molecule has 1 aromatic rings. The Kier molecular flexibility index (Phi) is 6.10. The second-order valence-corrected chi connectivity index (χ2v) is 8.01. The number of fused-ring (bicyclic) bond motifs is 4. The molecular formula is C19H27ClN2O4. The summed E-state index contributed by atoms with van der Waals surface area (Å²) in [5.74, 6) is 1.42. The minimum atomic E-state index is -4.69. The summed E-state index contributed by atoms with van der Waals surface area (Å²) < 4.78 is 32.7. The molecule has 7 heteroatoms. The molecule has 3 heterocycles. The van der Waals surface area contributed by atoms with Crippen LogP contribution in [0.1, 0.15) is 56.9 Å². The molecule has 4 rings (SSSR count). The predicted octanol–water partition coefficient (Wildman–Crippen LogP) is 0.589. The Balaban J connectivity index is 0.000000349. The second kappa shape index (κ2) is 8.15. The summed E-state index contributed by atoms with van der Waals surface area (Å²) in [5, 5.41) is 3.78. The van der Waals surface area contributed by atoms with Crippen LogP contribution in [0.25, 0.3) is 0 Å². The standard InChI is InChI=1S/C19H26N2.ClHO4/c1-2-3-7-14-8-6-12-21-13-11-16-15-9-4-5-10-17(15)20-18(16)19(14)21;2-1(3,4)5/h4-5,9-10,14,16,20H,2-3,6-8,11-13H2,1H3;(H,2,3,4,5). The third kappa shape index (κ3) is 4.50. The van der Waals surface area contributed by atoms with Crippen LogP contribution in [0.5, 0.6) is 0 Å². The van der Waals surface area contributed by atoms with E-state index < -0.39 is 10.2 Å². The summed E-state index contributed by atoms with van der Waals surface area (Å²) in [6.07, 6.45) is 8.10. The van der Waals surface area contributed by atoms with Gasteiger partial charge in [0.15, 0.2) is 0 Å². The van der Waals surface area contributed by atoms with Crippen LogP contribution in [-0.4, -0.2) is 22.6 Å². The van der Waals surface area contributed by atoms with Gasteiger partial charge in [0.05, 0.1) is 14.9 Å².